The van der Waals surface area contributed by atoms with Crippen LogP contribution in [0, 0.1) is 0 Å². The van der Waals surface area contributed by atoms with E-state index in [1.54, 1.807) is 0 Å². The predicted octanol–water partition coefficient (Wildman–Crippen LogP) is 2.40. The monoisotopic (exact) mass is 295 g/mol. The third kappa shape index (κ3) is 24.6. The van der Waals surface area contributed by atoms with Gasteiger partial charge in [-0.05, 0) is 0 Å². The molecule has 0 aromatic heterocycles. The summed E-state index contributed by atoms with van der Waals surface area (Å²) < 4.78 is 0. The first-order chi connectivity index (χ1) is 8.41. The summed E-state index contributed by atoms with van der Waals surface area (Å²) in [4.78, 5) is 9.98. The summed E-state index contributed by atoms with van der Waals surface area (Å²) in [5, 5.41) is 0. The van der Waals surface area contributed by atoms with Gasteiger partial charge in [-0.25, -0.2) is 0 Å². The summed E-state index contributed by atoms with van der Waals surface area (Å²) in [5.41, 5.74) is 0. The summed E-state index contributed by atoms with van der Waals surface area (Å²) in [5.74, 6) is 0. The van der Waals surface area contributed by atoms with Crippen LogP contribution in [-0.4, -0.2) is 11.8 Å². The maximum Gasteiger partial charge on any atom is 1.00 e. The maximum atomic E-state index is 9.98. The summed E-state index contributed by atoms with van der Waals surface area (Å²) >= 11 is 0. The first-order valence-electron chi connectivity index (χ1n) is 7.76. The van der Waals surface area contributed by atoms with E-state index in [1.165, 1.54) is 77.0 Å². The minimum absolute atomic E-state index is 0. The fourth-order valence-electron chi connectivity index (χ4n) is 2.21. The SMILES string of the molecule is CCCCCCCCCCCCCCC[C-]=O.[K+].[OH-]. The third-order valence-corrected chi connectivity index (χ3v) is 3.38. The van der Waals surface area contributed by atoms with E-state index in [0.29, 0.717) is 6.42 Å². The molecule has 3 heteroatoms. The van der Waals surface area contributed by atoms with E-state index in [4.69, 9.17) is 0 Å². The molecule has 0 amide bonds. The van der Waals surface area contributed by atoms with Crippen molar-refractivity contribution in [2.24, 2.45) is 0 Å². The van der Waals surface area contributed by atoms with Crippen LogP contribution in [0.4, 0.5) is 0 Å². The molecule has 19 heavy (non-hydrogen) atoms. The molecule has 0 aliphatic heterocycles. The van der Waals surface area contributed by atoms with Crippen LogP contribution in [0.1, 0.15) is 96.8 Å². The Hall–Kier alpha value is 1.27. The topological polar surface area (TPSA) is 47.1 Å². The molecule has 0 saturated carbocycles. The third-order valence-electron chi connectivity index (χ3n) is 3.38. The molecule has 0 fully saturated rings. The molecule has 110 valence electrons. The average Bonchev–Trinajstić information content (AvgIpc) is 2.35. The smallest absolute Gasteiger partial charge is 0.870 e. The van der Waals surface area contributed by atoms with Gasteiger partial charge < -0.3 is 10.3 Å². The van der Waals surface area contributed by atoms with E-state index in [2.05, 4.69) is 6.92 Å². The molecule has 0 heterocycles. The second-order valence-electron chi connectivity index (χ2n) is 5.14. The van der Waals surface area contributed by atoms with Gasteiger partial charge in [0, 0.05) is 0 Å². The van der Waals surface area contributed by atoms with Gasteiger partial charge in [0.25, 0.3) is 0 Å². The van der Waals surface area contributed by atoms with E-state index >= 15 is 0 Å². The Kier molecular flexibility index (Phi) is 32.3. The predicted molar refractivity (Wildman–Crippen MR) is 77.9 cm³/mol. The normalized spacial score (nSPS) is 9.53. The number of hydrogen-bond acceptors (Lipinski definition) is 2. The Morgan fingerprint density at radius 3 is 1.26 bits per heavy atom. The van der Waals surface area contributed by atoms with Crippen molar-refractivity contribution in [3.63, 3.8) is 0 Å². The van der Waals surface area contributed by atoms with E-state index in [0.717, 1.165) is 6.42 Å². The maximum absolute atomic E-state index is 9.98. The van der Waals surface area contributed by atoms with Gasteiger partial charge in [-0.2, -0.15) is 6.42 Å². The van der Waals surface area contributed by atoms with Crippen molar-refractivity contribution in [3.8, 4) is 0 Å². The molecule has 0 aliphatic rings. The van der Waals surface area contributed by atoms with Crippen molar-refractivity contribution in [3.05, 3.63) is 0 Å². The van der Waals surface area contributed by atoms with Crippen molar-refractivity contribution < 1.29 is 61.7 Å². The molecule has 0 rings (SSSR count). The Morgan fingerprint density at radius 2 is 0.947 bits per heavy atom. The van der Waals surface area contributed by atoms with Gasteiger partial charge in [-0.15, -0.1) is 0 Å². The van der Waals surface area contributed by atoms with Gasteiger partial charge in [-0.3, -0.25) is 6.29 Å². The zero-order valence-electron chi connectivity index (χ0n) is 13.3. The standard InChI is InChI=1S/C16H31O.K.H2O/c1-2-3-4-5-6-7-8-9-10-11-12-13-14-15-16-17;;/h2-15H2,1H3;;1H2/q-1;+1;/p-1. The Balaban J connectivity index is -0.00000128. The zero-order chi connectivity index (χ0) is 12.6. The van der Waals surface area contributed by atoms with Crippen LogP contribution in [0.3, 0.4) is 0 Å². The molecule has 1 N–H and O–H groups in total. The van der Waals surface area contributed by atoms with Crippen molar-refractivity contribution in [2.75, 3.05) is 0 Å². The zero-order valence-corrected chi connectivity index (χ0v) is 16.4. The van der Waals surface area contributed by atoms with Gasteiger partial charge in [0.1, 0.15) is 0 Å². The molecule has 0 aromatic carbocycles. The van der Waals surface area contributed by atoms with Gasteiger partial charge in [-0.1, -0.05) is 90.4 Å². The van der Waals surface area contributed by atoms with Crippen molar-refractivity contribution >= 4 is 6.29 Å². The molecule has 0 saturated heterocycles. The molecule has 2 nitrogen and oxygen atoms in total. The van der Waals surface area contributed by atoms with Crippen LogP contribution in [0.2, 0.25) is 0 Å². The van der Waals surface area contributed by atoms with Gasteiger partial charge >= 0.3 is 51.4 Å². The molecule has 0 atom stereocenters. The Morgan fingerprint density at radius 1 is 0.632 bits per heavy atom. The molecule has 0 radical (unpaired) electrons. The van der Waals surface area contributed by atoms with Crippen LogP contribution in [0.25, 0.3) is 0 Å². The number of unbranched alkanes of at least 4 members (excludes halogenated alkanes) is 13. The van der Waals surface area contributed by atoms with Crippen molar-refractivity contribution in [1.82, 2.24) is 0 Å². The second-order valence-corrected chi connectivity index (χ2v) is 5.14. The summed E-state index contributed by atoms with van der Waals surface area (Å²) in [6, 6.07) is 0. The van der Waals surface area contributed by atoms with E-state index in [-0.39, 0.29) is 56.9 Å². The van der Waals surface area contributed by atoms with Gasteiger partial charge in [0.15, 0.2) is 0 Å². The summed E-state index contributed by atoms with van der Waals surface area (Å²) in [6.07, 6.45) is 20.2. The van der Waals surface area contributed by atoms with Crippen LogP contribution in [-0.2, 0) is 4.79 Å². The fourth-order valence-corrected chi connectivity index (χ4v) is 2.21. The summed E-state index contributed by atoms with van der Waals surface area (Å²) in [7, 11) is 0. The molecule has 0 aromatic rings. The fraction of sp³-hybridized carbons (Fsp3) is 0.938. The molecular formula is C16H32KO2-. The first-order valence-corrected chi connectivity index (χ1v) is 7.76. The van der Waals surface area contributed by atoms with Gasteiger partial charge in [0.2, 0.25) is 0 Å². The van der Waals surface area contributed by atoms with Crippen molar-refractivity contribution in [1.29, 1.82) is 0 Å². The molecule has 0 spiro atoms. The molecular weight excluding hydrogens is 263 g/mol. The van der Waals surface area contributed by atoms with E-state index < -0.39 is 0 Å². The number of carbonyl (C=O) groups excluding carboxylic acids is 1. The minimum Gasteiger partial charge on any atom is -0.870 e. The largest absolute Gasteiger partial charge is 1.00 e. The second kappa shape index (κ2) is 24.3. The minimum atomic E-state index is 0. The quantitative estimate of drug-likeness (QED) is 0.281. The number of rotatable bonds is 14. The average molecular weight is 296 g/mol. The number of hydrogen-bond donors (Lipinski definition) is 0. The van der Waals surface area contributed by atoms with Crippen molar-refractivity contribution in [2.45, 2.75) is 96.8 Å². The summed E-state index contributed by atoms with van der Waals surface area (Å²) in [6.45, 7) is 2.27. The van der Waals surface area contributed by atoms with Crippen LogP contribution in [0.5, 0.6) is 0 Å². The van der Waals surface area contributed by atoms with Gasteiger partial charge in [0.05, 0.1) is 0 Å². The Bertz CT molecular complexity index is 152. The van der Waals surface area contributed by atoms with E-state index in [9.17, 15) is 4.79 Å². The van der Waals surface area contributed by atoms with E-state index in [1.807, 2.05) is 6.29 Å². The molecule has 0 unspecified atom stereocenters. The van der Waals surface area contributed by atoms with Crippen LogP contribution >= 0.6 is 0 Å². The van der Waals surface area contributed by atoms with Crippen LogP contribution in [0.15, 0.2) is 0 Å². The molecule has 0 bridgehead atoms. The van der Waals surface area contributed by atoms with Crippen LogP contribution < -0.4 is 51.4 Å². The molecule has 0 aliphatic carbocycles. The first kappa shape index (κ1) is 25.2. The Labute approximate surface area is 163 Å².